The zero-order valence-electron chi connectivity index (χ0n) is 9.21. The molecule has 1 N–H and O–H groups in total. The van der Waals surface area contributed by atoms with Gasteiger partial charge in [0.05, 0.1) is 10.4 Å². The van der Waals surface area contributed by atoms with E-state index in [1.54, 1.807) is 11.3 Å². The van der Waals surface area contributed by atoms with E-state index in [0.29, 0.717) is 0 Å². The van der Waals surface area contributed by atoms with Gasteiger partial charge in [-0.2, -0.15) is 0 Å². The minimum Gasteiger partial charge on any atom is -0.347 e. The van der Waals surface area contributed by atoms with Gasteiger partial charge in [-0.25, -0.2) is 0 Å². The summed E-state index contributed by atoms with van der Waals surface area (Å²) in [5, 5.41) is 5.06. The lowest BCUT2D eigenvalue weighted by Gasteiger charge is -2.21. The molecule has 1 rings (SSSR count). The summed E-state index contributed by atoms with van der Waals surface area (Å²) in [6.07, 6.45) is 0.912. The van der Waals surface area contributed by atoms with Crippen molar-refractivity contribution in [3.63, 3.8) is 0 Å². The van der Waals surface area contributed by atoms with Gasteiger partial charge in [0.15, 0.2) is 0 Å². The van der Waals surface area contributed by atoms with Crippen LogP contribution in [0, 0.1) is 0 Å². The fraction of sp³-hybridized carbons (Fsp3) is 0.545. The Bertz CT molecular complexity index is 316. The molecule has 1 aromatic heterocycles. The second kappa shape index (κ2) is 5.12. The molecule has 2 nitrogen and oxygen atoms in total. The van der Waals surface area contributed by atoms with E-state index >= 15 is 0 Å². The highest BCUT2D eigenvalue weighted by Crippen LogP contribution is 2.24. The molecule has 0 spiro atoms. The Labute approximate surface area is 103 Å². The number of amides is 1. The third-order valence-electron chi connectivity index (χ3n) is 2.14. The molecule has 0 aliphatic carbocycles. The standard InChI is InChI=1S/C11H16BrNOS/c1-4-8(9-6-5-7-15-9)13-10(14)11(2,3)12/h5-8H,4H2,1-3H3,(H,13,14). The number of carbonyl (C=O) groups excluding carboxylic acids is 1. The van der Waals surface area contributed by atoms with E-state index in [1.165, 1.54) is 4.88 Å². The Balaban J connectivity index is 2.67. The van der Waals surface area contributed by atoms with Crippen LogP contribution < -0.4 is 5.32 Å². The zero-order chi connectivity index (χ0) is 11.5. The Morgan fingerprint density at radius 3 is 2.73 bits per heavy atom. The molecule has 0 aliphatic rings. The molecule has 4 heteroatoms. The SMILES string of the molecule is CCC(NC(=O)C(C)(C)Br)c1cccs1. The van der Waals surface area contributed by atoms with Crippen molar-refractivity contribution in [2.75, 3.05) is 0 Å². The molecule has 1 unspecified atom stereocenters. The van der Waals surface area contributed by atoms with Gasteiger partial charge in [0.2, 0.25) is 5.91 Å². The molecular formula is C11H16BrNOS. The molecule has 84 valence electrons. The van der Waals surface area contributed by atoms with Crippen molar-refractivity contribution in [2.24, 2.45) is 0 Å². The second-order valence-corrected chi connectivity index (χ2v) is 6.88. The highest BCUT2D eigenvalue weighted by atomic mass is 79.9. The zero-order valence-corrected chi connectivity index (χ0v) is 11.6. The van der Waals surface area contributed by atoms with Gasteiger partial charge >= 0.3 is 0 Å². The Hall–Kier alpha value is -0.350. The Kier molecular flexibility index (Phi) is 4.34. The van der Waals surface area contributed by atoms with Crippen LogP contribution in [0.3, 0.4) is 0 Å². The van der Waals surface area contributed by atoms with Crippen LogP contribution in [-0.4, -0.2) is 10.2 Å². The molecule has 1 atom stereocenters. The third-order valence-corrected chi connectivity index (χ3v) is 3.49. The van der Waals surface area contributed by atoms with Crippen LogP contribution >= 0.6 is 27.3 Å². The number of carbonyl (C=O) groups is 1. The lowest BCUT2D eigenvalue weighted by Crippen LogP contribution is -2.39. The molecule has 0 aromatic carbocycles. The Morgan fingerprint density at radius 1 is 1.67 bits per heavy atom. The van der Waals surface area contributed by atoms with E-state index in [4.69, 9.17) is 0 Å². The van der Waals surface area contributed by atoms with Crippen molar-refractivity contribution in [3.05, 3.63) is 22.4 Å². The van der Waals surface area contributed by atoms with Gasteiger partial charge in [0, 0.05) is 4.88 Å². The summed E-state index contributed by atoms with van der Waals surface area (Å²) in [4.78, 5) is 13.0. The fourth-order valence-corrected chi connectivity index (χ4v) is 2.17. The van der Waals surface area contributed by atoms with Crippen molar-refractivity contribution in [3.8, 4) is 0 Å². The average molecular weight is 290 g/mol. The van der Waals surface area contributed by atoms with E-state index in [2.05, 4.69) is 34.2 Å². The summed E-state index contributed by atoms with van der Waals surface area (Å²) < 4.78 is -0.502. The number of rotatable bonds is 4. The maximum Gasteiger partial charge on any atom is 0.236 e. The van der Waals surface area contributed by atoms with Gasteiger partial charge in [0.25, 0.3) is 0 Å². The lowest BCUT2D eigenvalue weighted by atomic mass is 10.1. The summed E-state index contributed by atoms with van der Waals surface area (Å²) in [7, 11) is 0. The van der Waals surface area contributed by atoms with Crippen molar-refractivity contribution in [1.82, 2.24) is 5.32 Å². The predicted molar refractivity (Wildman–Crippen MR) is 68.5 cm³/mol. The van der Waals surface area contributed by atoms with Crippen molar-refractivity contribution in [2.45, 2.75) is 37.6 Å². The first-order valence-corrected chi connectivity index (χ1v) is 6.65. The summed E-state index contributed by atoms with van der Waals surface area (Å²) in [6, 6.07) is 4.20. The molecule has 0 bridgehead atoms. The largest absolute Gasteiger partial charge is 0.347 e. The van der Waals surface area contributed by atoms with Gasteiger partial charge in [-0.3, -0.25) is 4.79 Å². The molecule has 1 amide bonds. The van der Waals surface area contributed by atoms with E-state index in [-0.39, 0.29) is 11.9 Å². The first-order valence-electron chi connectivity index (χ1n) is 4.98. The molecule has 1 aromatic rings. The molecule has 0 radical (unpaired) electrons. The molecule has 0 saturated heterocycles. The first-order chi connectivity index (χ1) is 6.95. The summed E-state index contributed by atoms with van der Waals surface area (Å²) in [5.41, 5.74) is 0. The minimum absolute atomic E-state index is 0.0303. The molecule has 0 saturated carbocycles. The van der Waals surface area contributed by atoms with E-state index in [0.717, 1.165) is 6.42 Å². The number of alkyl halides is 1. The summed E-state index contributed by atoms with van der Waals surface area (Å²) >= 11 is 5.03. The summed E-state index contributed by atoms with van der Waals surface area (Å²) in [6.45, 7) is 5.78. The predicted octanol–water partition coefficient (Wildman–Crippen LogP) is 3.49. The number of nitrogens with one attached hydrogen (secondary N) is 1. The van der Waals surface area contributed by atoms with Gasteiger partial charge in [0.1, 0.15) is 0 Å². The van der Waals surface area contributed by atoms with Gasteiger partial charge < -0.3 is 5.32 Å². The van der Waals surface area contributed by atoms with Crippen LogP contribution in [0.4, 0.5) is 0 Å². The highest BCUT2D eigenvalue weighted by molar-refractivity contribution is 9.10. The highest BCUT2D eigenvalue weighted by Gasteiger charge is 2.26. The van der Waals surface area contributed by atoms with Crippen LogP contribution in [0.1, 0.15) is 38.1 Å². The monoisotopic (exact) mass is 289 g/mol. The number of hydrogen-bond donors (Lipinski definition) is 1. The normalized spacial score (nSPS) is 13.6. The van der Waals surface area contributed by atoms with Crippen LogP contribution in [0.15, 0.2) is 17.5 Å². The molecular weight excluding hydrogens is 274 g/mol. The minimum atomic E-state index is -0.502. The number of hydrogen-bond acceptors (Lipinski definition) is 2. The first kappa shape index (κ1) is 12.7. The van der Waals surface area contributed by atoms with E-state index in [1.807, 2.05) is 25.3 Å². The average Bonchev–Trinajstić information content (AvgIpc) is 2.64. The smallest absolute Gasteiger partial charge is 0.236 e. The van der Waals surface area contributed by atoms with Crippen LogP contribution in [0.2, 0.25) is 0 Å². The van der Waals surface area contributed by atoms with Gasteiger partial charge in [-0.05, 0) is 31.7 Å². The van der Waals surface area contributed by atoms with Gasteiger partial charge in [-0.1, -0.05) is 28.9 Å². The van der Waals surface area contributed by atoms with Crippen LogP contribution in [0.25, 0.3) is 0 Å². The van der Waals surface area contributed by atoms with Crippen LogP contribution in [0.5, 0.6) is 0 Å². The topological polar surface area (TPSA) is 29.1 Å². The quantitative estimate of drug-likeness (QED) is 0.845. The number of thiophene rings is 1. The maximum absolute atomic E-state index is 11.8. The van der Waals surface area contributed by atoms with E-state index < -0.39 is 4.32 Å². The number of halogens is 1. The molecule has 0 fully saturated rings. The van der Waals surface area contributed by atoms with Crippen LogP contribution in [-0.2, 0) is 4.79 Å². The second-order valence-electron chi connectivity index (χ2n) is 3.92. The van der Waals surface area contributed by atoms with E-state index in [9.17, 15) is 4.79 Å². The van der Waals surface area contributed by atoms with Crippen molar-refractivity contribution in [1.29, 1.82) is 0 Å². The maximum atomic E-state index is 11.8. The fourth-order valence-electron chi connectivity index (χ4n) is 1.19. The molecule has 0 aliphatic heterocycles. The van der Waals surface area contributed by atoms with Gasteiger partial charge in [-0.15, -0.1) is 11.3 Å². The van der Waals surface area contributed by atoms with Crippen molar-refractivity contribution < 1.29 is 4.79 Å². The summed E-state index contributed by atoms with van der Waals surface area (Å²) in [5.74, 6) is 0.0303. The third kappa shape index (κ3) is 3.61. The molecule has 1 heterocycles. The van der Waals surface area contributed by atoms with Crippen molar-refractivity contribution >= 4 is 33.2 Å². The molecule has 15 heavy (non-hydrogen) atoms. The Morgan fingerprint density at radius 2 is 2.33 bits per heavy atom. The lowest BCUT2D eigenvalue weighted by molar-refractivity contribution is -0.123.